The van der Waals surface area contributed by atoms with Gasteiger partial charge in [0.25, 0.3) is 0 Å². The fraction of sp³-hybridized carbons (Fsp3) is 0.909. The molecule has 1 fully saturated rings. The molecule has 0 bridgehead atoms. The van der Waals surface area contributed by atoms with Gasteiger partial charge in [-0.15, -0.1) is 13.2 Å². The molecule has 19 heavy (non-hydrogen) atoms. The normalized spacial score (nSPS) is 24.9. The molecule has 8 heteroatoms. The second-order valence-electron chi connectivity index (χ2n) is 5.35. The van der Waals surface area contributed by atoms with Crippen LogP contribution in [0.5, 0.6) is 0 Å². The lowest BCUT2D eigenvalue weighted by Crippen LogP contribution is -2.56. The number of carbonyl (C=O) groups is 1. The highest BCUT2D eigenvalue weighted by Gasteiger charge is 2.39. The van der Waals surface area contributed by atoms with Gasteiger partial charge in [-0.2, -0.15) is 0 Å². The molecule has 1 aliphatic rings. The number of alkyl carbamates (subject to hydrolysis) is 1. The maximum absolute atomic E-state index is 12.2. The van der Waals surface area contributed by atoms with E-state index in [2.05, 4.69) is 15.4 Å². The summed E-state index contributed by atoms with van der Waals surface area (Å²) in [5.41, 5.74) is -0.702. The highest BCUT2D eigenvalue weighted by Crippen LogP contribution is 2.23. The monoisotopic (exact) mass is 284 g/mol. The Hall–Kier alpha value is -1.02. The minimum absolute atomic E-state index is 0.167. The molecule has 5 nitrogen and oxygen atoms in total. The Bertz CT molecular complexity index is 315. The molecule has 2 unspecified atom stereocenters. The van der Waals surface area contributed by atoms with E-state index in [0.717, 1.165) is 0 Å². The quantitative estimate of drug-likeness (QED) is 0.811. The molecule has 0 aliphatic carbocycles. The molecule has 1 aliphatic heterocycles. The molecule has 2 atom stereocenters. The summed E-state index contributed by atoms with van der Waals surface area (Å²) in [6.07, 6.45) is -6.40. The van der Waals surface area contributed by atoms with E-state index in [4.69, 9.17) is 4.74 Å². The number of hydrogen-bond donors (Lipinski definition) is 2. The van der Waals surface area contributed by atoms with Crippen LogP contribution in [0.3, 0.4) is 0 Å². The molecule has 2 N–H and O–H groups in total. The lowest BCUT2D eigenvalue weighted by atomic mass is 10.0. The largest absolute Gasteiger partial charge is 0.522 e. The van der Waals surface area contributed by atoms with Gasteiger partial charge in [-0.05, 0) is 33.7 Å². The highest BCUT2D eigenvalue weighted by atomic mass is 19.4. The first kappa shape index (κ1) is 16.0. The summed E-state index contributed by atoms with van der Waals surface area (Å²) in [4.78, 5) is 11.5. The summed E-state index contributed by atoms with van der Waals surface area (Å²) in [7, 11) is 0. The van der Waals surface area contributed by atoms with Gasteiger partial charge < -0.3 is 15.4 Å². The third kappa shape index (κ3) is 6.63. The van der Waals surface area contributed by atoms with Crippen LogP contribution in [0.25, 0.3) is 0 Å². The Kier molecular flexibility index (Phi) is 5.03. The minimum Gasteiger partial charge on any atom is -0.444 e. The van der Waals surface area contributed by atoms with E-state index in [0.29, 0.717) is 6.54 Å². The van der Waals surface area contributed by atoms with E-state index < -0.39 is 30.2 Å². The van der Waals surface area contributed by atoms with Crippen molar-refractivity contribution in [3.8, 4) is 0 Å². The lowest BCUT2D eigenvalue weighted by Gasteiger charge is -2.33. The van der Waals surface area contributed by atoms with Crippen molar-refractivity contribution in [2.24, 2.45) is 0 Å². The average Bonchev–Trinajstić information content (AvgIpc) is 2.15. The van der Waals surface area contributed by atoms with Gasteiger partial charge in [-0.1, -0.05) is 0 Å². The highest BCUT2D eigenvalue weighted by molar-refractivity contribution is 5.68. The summed E-state index contributed by atoms with van der Waals surface area (Å²) in [5.74, 6) is 0. The van der Waals surface area contributed by atoms with Crippen molar-refractivity contribution in [2.45, 2.75) is 51.3 Å². The van der Waals surface area contributed by atoms with Crippen molar-refractivity contribution in [1.82, 2.24) is 10.6 Å². The number of halogens is 3. The van der Waals surface area contributed by atoms with E-state index in [9.17, 15) is 18.0 Å². The summed E-state index contributed by atoms with van der Waals surface area (Å²) < 4.78 is 45.7. The molecular formula is C11H19F3N2O3. The van der Waals surface area contributed by atoms with E-state index in [1.165, 1.54) is 0 Å². The molecule has 0 saturated carbocycles. The maximum atomic E-state index is 12.2. The second kappa shape index (κ2) is 5.96. The number of carbonyl (C=O) groups excluding carboxylic acids is 1. The molecule has 112 valence electrons. The molecule has 1 saturated heterocycles. The van der Waals surface area contributed by atoms with Crippen molar-refractivity contribution in [3.05, 3.63) is 0 Å². The van der Waals surface area contributed by atoms with Gasteiger partial charge in [0.2, 0.25) is 0 Å². The van der Waals surface area contributed by atoms with Crippen LogP contribution in [0.4, 0.5) is 18.0 Å². The van der Waals surface area contributed by atoms with Crippen LogP contribution in [0.2, 0.25) is 0 Å². The van der Waals surface area contributed by atoms with Gasteiger partial charge in [-0.3, -0.25) is 4.74 Å². The van der Waals surface area contributed by atoms with Crippen LogP contribution in [-0.2, 0) is 9.47 Å². The predicted molar refractivity (Wildman–Crippen MR) is 61.6 cm³/mol. The number of rotatable bonds is 2. The van der Waals surface area contributed by atoms with Gasteiger partial charge in [-0.25, -0.2) is 4.79 Å². The molecule has 1 rings (SSSR count). The number of piperidine rings is 1. The number of hydrogen-bond acceptors (Lipinski definition) is 4. The first-order valence-corrected chi connectivity index (χ1v) is 6.01. The molecule has 1 heterocycles. The topological polar surface area (TPSA) is 59.6 Å². The summed E-state index contributed by atoms with van der Waals surface area (Å²) in [5, 5.41) is 5.30. The van der Waals surface area contributed by atoms with Crippen LogP contribution in [-0.4, -0.2) is 43.3 Å². The number of ether oxygens (including phenoxy) is 2. The standard InChI is InChI=1S/C11H19F3N2O3/c1-10(2,3)19-9(17)16-7-6-15-5-4-8(7)18-11(12,13)14/h7-8,15H,4-6H2,1-3H3,(H,16,17). The van der Waals surface area contributed by atoms with Crippen LogP contribution in [0, 0.1) is 0 Å². The van der Waals surface area contributed by atoms with Gasteiger partial charge in [0.15, 0.2) is 0 Å². The zero-order chi connectivity index (χ0) is 14.7. The van der Waals surface area contributed by atoms with E-state index in [1.807, 2.05) is 0 Å². The van der Waals surface area contributed by atoms with Crippen molar-refractivity contribution in [1.29, 1.82) is 0 Å². The zero-order valence-corrected chi connectivity index (χ0v) is 11.1. The SMILES string of the molecule is CC(C)(C)OC(=O)NC1CNCCC1OC(F)(F)F. The van der Waals surface area contributed by atoms with Crippen LogP contribution >= 0.6 is 0 Å². The molecular weight excluding hydrogens is 265 g/mol. The Balaban J connectivity index is 2.55. The molecule has 0 aromatic rings. The van der Waals surface area contributed by atoms with Gasteiger partial charge in [0.1, 0.15) is 5.60 Å². The summed E-state index contributed by atoms with van der Waals surface area (Å²) in [6.45, 7) is 5.65. The first-order valence-electron chi connectivity index (χ1n) is 6.01. The van der Waals surface area contributed by atoms with Gasteiger partial charge in [0, 0.05) is 6.54 Å². The average molecular weight is 284 g/mol. The number of nitrogens with one attached hydrogen (secondary N) is 2. The Morgan fingerprint density at radius 2 is 1.95 bits per heavy atom. The molecule has 0 aromatic carbocycles. The fourth-order valence-electron chi connectivity index (χ4n) is 1.75. The second-order valence-corrected chi connectivity index (χ2v) is 5.35. The Labute approximate surface area is 109 Å². The number of amides is 1. The van der Waals surface area contributed by atoms with Crippen LogP contribution < -0.4 is 10.6 Å². The van der Waals surface area contributed by atoms with Crippen molar-refractivity contribution in [2.75, 3.05) is 13.1 Å². The molecule has 0 aromatic heterocycles. The maximum Gasteiger partial charge on any atom is 0.522 e. The van der Waals surface area contributed by atoms with Gasteiger partial charge in [0.05, 0.1) is 12.1 Å². The van der Waals surface area contributed by atoms with Gasteiger partial charge >= 0.3 is 12.5 Å². The van der Waals surface area contributed by atoms with Crippen molar-refractivity contribution >= 4 is 6.09 Å². The zero-order valence-electron chi connectivity index (χ0n) is 11.1. The molecule has 0 radical (unpaired) electrons. The van der Waals surface area contributed by atoms with Crippen molar-refractivity contribution in [3.63, 3.8) is 0 Å². The number of alkyl halides is 3. The lowest BCUT2D eigenvalue weighted by molar-refractivity contribution is -0.346. The molecule has 0 spiro atoms. The summed E-state index contributed by atoms with van der Waals surface area (Å²) >= 11 is 0. The third-order valence-corrected chi connectivity index (χ3v) is 2.41. The van der Waals surface area contributed by atoms with E-state index >= 15 is 0 Å². The Morgan fingerprint density at radius 3 is 2.47 bits per heavy atom. The Morgan fingerprint density at radius 1 is 1.32 bits per heavy atom. The predicted octanol–water partition coefficient (Wildman–Crippen LogP) is 1.78. The van der Waals surface area contributed by atoms with E-state index in [-0.39, 0.29) is 13.0 Å². The van der Waals surface area contributed by atoms with E-state index in [1.54, 1.807) is 20.8 Å². The van der Waals surface area contributed by atoms with Crippen LogP contribution in [0.1, 0.15) is 27.2 Å². The first-order chi connectivity index (χ1) is 8.57. The third-order valence-electron chi connectivity index (χ3n) is 2.41. The smallest absolute Gasteiger partial charge is 0.444 e. The van der Waals surface area contributed by atoms with Crippen LogP contribution in [0.15, 0.2) is 0 Å². The summed E-state index contributed by atoms with van der Waals surface area (Å²) in [6, 6.07) is -0.773. The van der Waals surface area contributed by atoms with Crippen molar-refractivity contribution < 1.29 is 27.4 Å². The molecule has 1 amide bonds. The fourth-order valence-corrected chi connectivity index (χ4v) is 1.75. The minimum atomic E-state index is -4.71.